The van der Waals surface area contributed by atoms with E-state index in [0.717, 1.165) is 13.1 Å². The summed E-state index contributed by atoms with van der Waals surface area (Å²) in [6, 6.07) is -0.349. The molecule has 0 aromatic heterocycles. The van der Waals surface area contributed by atoms with E-state index in [-0.39, 0.29) is 29.6 Å². The molecule has 6 nitrogen and oxygen atoms in total. The lowest BCUT2D eigenvalue weighted by molar-refractivity contribution is 0.282. The van der Waals surface area contributed by atoms with Gasteiger partial charge < -0.3 is 10.6 Å². The van der Waals surface area contributed by atoms with Crippen LogP contribution < -0.4 is 10.6 Å². The summed E-state index contributed by atoms with van der Waals surface area (Å²) in [6.07, 6.45) is 0. The third-order valence-electron chi connectivity index (χ3n) is 3.58. The monoisotopic (exact) mass is 272 g/mol. The van der Waals surface area contributed by atoms with Crippen molar-refractivity contribution in [1.29, 1.82) is 0 Å². The van der Waals surface area contributed by atoms with Crippen molar-refractivity contribution in [2.75, 3.05) is 13.1 Å². The third kappa shape index (κ3) is 7.32. The summed E-state index contributed by atoms with van der Waals surface area (Å²) in [5.74, 6) is 0. The highest BCUT2D eigenvalue weighted by molar-refractivity contribution is 4.82. The maximum Gasteiger partial charge on any atom is 0.104 e. The Hall–Kier alpha value is -0.880. The lowest BCUT2D eigenvalue weighted by atomic mass is 9.92. The summed E-state index contributed by atoms with van der Waals surface area (Å²) in [6.45, 7) is 13.3. The van der Waals surface area contributed by atoms with Gasteiger partial charge in [-0.1, -0.05) is 24.2 Å². The summed E-state index contributed by atoms with van der Waals surface area (Å²) in [5, 5.41) is 12.7. The van der Waals surface area contributed by atoms with Gasteiger partial charge in [-0.15, -0.1) is 0 Å². The first-order valence-electron chi connectivity index (χ1n) is 6.85. The average molecular weight is 272 g/mol. The van der Waals surface area contributed by atoms with Crippen molar-refractivity contribution in [1.82, 2.24) is 10.6 Å². The topological polar surface area (TPSA) is 82.9 Å². The van der Waals surface area contributed by atoms with E-state index in [4.69, 9.17) is 0 Å². The van der Waals surface area contributed by atoms with Gasteiger partial charge in [0.25, 0.3) is 0 Å². The lowest BCUT2D eigenvalue weighted by Gasteiger charge is -2.30. The zero-order chi connectivity index (χ0) is 15.1. The molecule has 0 radical (unpaired) electrons. The van der Waals surface area contributed by atoms with E-state index < -0.39 is 0 Å². The van der Waals surface area contributed by atoms with E-state index in [1.54, 1.807) is 13.8 Å². The number of rotatable bonds is 10. The molecule has 0 aromatic rings. The molecule has 0 rings (SSSR count). The van der Waals surface area contributed by atoms with Crippen molar-refractivity contribution in [2.45, 2.75) is 65.7 Å². The molecule has 2 N–H and O–H groups in total. The number of hydrogen-bond donors (Lipinski definition) is 2. The lowest BCUT2D eigenvalue weighted by Crippen LogP contribution is -2.46. The van der Waals surface area contributed by atoms with Crippen LogP contribution in [0.2, 0.25) is 0 Å². The molecule has 0 fully saturated rings. The zero-order valence-corrected chi connectivity index (χ0v) is 12.9. The van der Waals surface area contributed by atoms with Crippen molar-refractivity contribution in [3.05, 3.63) is 9.81 Å². The Morgan fingerprint density at radius 3 is 1.42 bits per heavy atom. The predicted molar refractivity (Wildman–Crippen MR) is 79.2 cm³/mol. The normalized spacial score (nSPS) is 18.4. The van der Waals surface area contributed by atoms with E-state index >= 15 is 0 Å². The second-order valence-corrected chi connectivity index (χ2v) is 6.20. The molecule has 19 heavy (non-hydrogen) atoms. The molecule has 0 bridgehead atoms. The number of hydrogen-bond acceptors (Lipinski definition) is 6. The minimum Gasteiger partial charge on any atom is -0.311 e. The van der Waals surface area contributed by atoms with Crippen LogP contribution >= 0.6 is 0 Å². The molecule has 0 saturated heterocycles. The first kappa shape index (κ1) is 18.1. The highest BCUT2D eigenvalue weighted by atomic mass is 16.3. The fraction of sp³-hybridized carbons (Fsp3) is 1.00. The van der Waals surface area contributed by atoms with E-state index in [9.17, 15) is 9.81 Å². The van der Waals surface area contributed by atoms with Gasteiger partial charge in [0, 0.05) is 25.2 Å². The molecule has 0 aliphatic rings. The van der Waals surface area contributed by atoms with Crippen LogP contribution in [0.1, 0.15) is 41.5 Å². The molecule has 0 spiro atoms. The Bertz CT molecular complexity index is 258. The highest BCUT2D eigenvalue weighted by Crippen LogP contribution is 2.14. The SMILES string of the molecule is CC(N=O)C(C)NCC(C)(C)CNC(C)C(C)N=O. The second-order valence-electron chi connectivity index (χ2n) is 6.20. The van der Waals surface area contributed by atoms with Gasteiger partial charge in [0.1, 0.15) is 12.1 Å². The summed E-state index contributed by atoms with van der Waals surface area (Å²) in [7, 11) is 0. The average Bonchev–Trinajstić information content (AvgIpc) is 2.40. The fourth-order valence-electron chi connectivity index (χ4n) is 1.46. The minimum absolute atomic E-state index is 0.0216. The Labute approximate surface area is 116 Å². The Balaban J connectivity index is 4.11. The molecule has 4 unspecified atom stereocenters. The van der Waals surface area contributed by atoms with Gasteiger partial charge in [0.2, 0.25) is 0 Å². The van der Waals surface area contributed by atoms with Gasteiger partial charge in [0.15, 0.2) is 0 Å². The molecule has 0 heterocycles. The van der Waals surface area contributed by atoms with Crippen molar-refractivity contribution < 1.29 is 0 Å². The van der Waals surface area contributed by atoms with Crippen LogP contribution in [-0.2, 0) is 0 Å². The second kappa shape index (κ2) is 8.32. The molecule has 112 valence electrons. The minimum atomic E-state index is -0.234. The maximum absolute atomic E-state index is 10.5. The molecular weight excluding hydrogens is 244 g/mol. The number of nitrogens with zero attached hydrogens (tertiary/aromatic N) is 2. The van der Waals surface area contributed by atoms with E-state index in [1.807, 2.05) is 13.8 Å². The molecular formula is C13H28N4O2. The van der Waals surface area contributed by atoms with Gasteiger partial charge in [0.05, 0.1) is 0 Å². The van der Waals surface area contributed by atoms with Crippen molar-refractivity contribution >= 4 is 0 Å². The molecule has 4 atom stereocenters. The van der Waals surface area contributed by atoms with Crippen LogP contribution in [0.15, 0.2) is 10.4 Å². The van der Waals surface area contributed by atoms with E-state index in [0.29, 0.717) is 0 Å². The van der Waals surface area contributed by atoms with Crippen molar-refractivity contribution in [3.63, 3.8) is 0 Å². The molecule has 6 heteroatoms. The van der Waals surface area contributed by atoms with E-state index in [1.165, 1.54) is 0 Å². The zero-order valence-electron chi connectivity index (χ0n) is 12.9. The van der Waals surface area contributed by atoms with Crippen LogP contribution in [0.3, 0.4) is 0 Å². The predicted octanol–water partition coefficient (Wildman–Crippen LogP) is 2.28. The van der Waals surface area contributed by atoms with Gasteiger partial charge in [-0.2, -0.15) is 9.81 Å². The van der Waals surface area contributed by atoms with Crippen molar-refractivity contribution in [2.24, 2.45) is 15.8 Å². The standard InChI is InChI=1S/C13H28N4O2/c1-9(11(3)16-18)14-7-13(5,6)8-15-10(2)12(4)17-19/h9-12,14-15H,7-8H2,1-6H3. The van der Waals surface area contributed by atoms with Crippen LogP contribution in [-0.4, -0.2) is 37.3 Å². The quantitative estimate of drug-likeness (QED) is 0.598. The Morgan fingerprint density at radius 1 is 0.842 bits per heavy atom. The Morgan fingerprint density at radius 2 is 1.16 bits per heavy atom. The highest BCUT2D eigenvalue weighted by Gasteiger charge is 2.22. The van der Waals surface area contributed by atoms with Crippen LogP contribution in [0.25, 0.3) is 0 Å². The van der Waals surface area contributed by atoms with Gasteiger partial charge in [-0.05, 0) is 33.1 Å². The number of nitroso groups, excluding NO2 is 2. The van der Waals surface area contributed by atoms with Crippen LogP contribution in [0, 0.1) is 15.2 Å². The molecule has 0 amide bonds. The van der Waals surface area contributed by atoms with Crippen molar-refractivity contribution in [3.8, 4) is 0 Å². The maximum atomic E-state index is 10.5. The third-order valence-corrected chi connectivity index (χ3v) is 3.58. The molecule has 0 aliphatic carbocycles. The fourth-order valence-corrected chi connectivity index (χ4v) is 1.46. The van der Waals surface area contributed by atoms with Gasteiger partial charge in [-0.3, -0.25) is 0 Å². The summed E-state index contributed by atoms with van der Waals surface area (Å²) in [5.41, 5.74) is 0.0216. The van der Waals surface area contributed by atoms with Crippen LogP contribution in [0.4, 0.5) is 0 Å². The summed E-state index contributed by atoms with van der Waals surface area (Å²) >= 11 is 0. The first-order valence-corrected chi connectivity index (χ1v) is 6.85. The van der Waals surface area contributed by atoms with Gasteiger partial charge >= 0.3 is 0 Å². The largest absolute Gasteiger partial charge is 0.311 e. The molecule has 0 saturated carbocycles. The van der Waals surface area contributed by atoms with E-state index in [2.05, 4.69) is 34.8 Å². The Kier molecular flexibility index (Phi) is 7.94. The molecule has 0 aromatic carbocycles. The first-order chi connectivity index (χ1) is 8.73. The van der Waals surface area contributed by atoms with Gasteiger partial charge in [-0.25, -0.2) is 0 Å². The number of nitrogens with one attached hydrogen (secondary N) is 2. The summed E-state index contributed by atoms with van der Waals surface area (Å²) < 4.78 is 0. The molecule has 0 aliphatic heterocycles. The summed E-state index contributed by atoms with van der Waals surface area (Å²) in [4.78, 5) is 20.9. The smallest absolute Gasteiger partial charge is 0.104 e. The van der Waals surface area contributed by atoms with Crippen LogP contribution in [0.5, 0.6) is 0 Å².